The van der Waals surface area contributed by atoms with E-state index in [9.17, 15) is 0 Å². The maximum atomic E-state index is 6.45. The van der Waals surface area contributed by atoms with Crippen molar-refractivity contribution in [3.63, 3.8) is 0 Å². The van der Waals surface area contributed by atoms with Crippen LogP contribution in [-0.2, 0) is 0 Å². The molecule has 0 radical (unpaired) electrons. The number of fused-ring (bicyclic) bond motifs is 6. The van der Waals surface area contributed by atoms with Crippen molar-refractivity contribution >= 4 is 43.5 Å². The van der Waals surface area contributed by atoms with Gasteiger partial charge in [-0.2, -0.15) is 0 Å². The molecular formula is C47H29N3O. The second-order valence-corrected chi connectivity index (χ2v) is 12.8. The molecule has 0 saturated heterocycles. The molecule has 10 aromatic rings. The number of aromatic nitrogens is 3. The number of furan rings is 1. The molecule has 2 heterocycles. The van der Waals surface area contributed by atoms with Crippen molar-refractivity contribution < 1.29 is 4.42 Å². The van der Waals surface area contributed by atoms with Gasteiger partial charge in [0, 0.05) is 27.5 Å². The van der Waals surface area contributed by atoms with E-state index in [1.807, 2.05) is 48.5 Å². The predicted molar refractivity (Wildman–Crippen MR) is 209 cm³/mol. The van der Waals surface area contributed by atoms with E-state index < -0.39 is 0 Å². The Labute approximate surface area is 294 Å². The third-order valence-electron chi connectivity index (χ3n) is 9.74. The Morgan fingerprint density at radius 2 is 0.863 bits per heavy atom. The zero-order chi connectivity index (χ0) is 33.7. The lowest BCUT2D eigenvalue weighted by molar-refractivity contribution is 0.669. The van der Waals surface area contributed by atoms with E-state index in [1.54, 1.807) is 0 Å². The summed E-state index contributed by atoms with van der Waals surface area (Å²) in [4.78, 5) is 15.6. The van der Waals surface area contributed by atoms with Crippen LogP contribution >= 0.6 is 0 Å². The number of para-hydroxylation sites is 1. The van der Waals surface area contributed by atoms with Crippen molar-refractivity contribution in [3.8, 4) is 56.4 Å². The monoisotopic (exact) mass is 651 g/mol. The highest BCUT2D eigenvalue weighted by atomic mass is 16.3. The molecule has 0 saturated carbocycles. The van der Waals surface area contributed by atoms with Gasteiger partial charge in [-0.05, 0) is 68.1 Å². The van der Waals surface area contributed by atoms with Crippen LogP contribution < -0.4 is 0 Å². The zero-order valence-electron chi connectivity index (χ0n) is 27.5. The largest absolute Gasteiger partial charge is 0.456 e. The van der Waals surface area contributed by atoms with E-state index in [2.05, 4.69) is 127 Å². The van der Waals surface area contributed by atoms with Crippen LogP contribution in [0.25, 0.3) is 99.9 Å². The lowest BCUT2D eigenvalue weighted by Crippen LogP contribution is -2.01. The molecule has 10 rings (SSSR count). The number of hydrogen-bond acceptors (Lipinski definition) is 4. The van der Waals surface area contributed by atoms with Crippen molar-refractivity contribution in [2.24, 2.45) is 0 Å². The van der Waals surface area contributed by atoms with Gasteiger partial charge >= 0.3 is 0 Å². The molecule has 0 fully saturated rings. The molecule has 8 aromatic carbocycles. The number of nitrogens with zero attached hydrogens (tertiary/aromatic N) is 3. The van der Waals surface area contributed by atoms with Gasteiger partial charge in [-0.25, -0.2) is 15.0 Å². The van der Waals surface area contributed by atoms with E-state index in [-0.39, 0.29) is 0 Å². The minimum absolute atomic E-state index is 0.594. The van der Waals surface area contributed by atoms with E-state index in [0.717, 1.165) is 60.9 Å². The first kappa shape index (κ1) is 29.0. The Morgan fingerprint density at radius 3 is 1.63 bits per heavy atom. The van der Waals surface area contributed by atoms with E-state index in [1.165, 1.54) is 21.5 Å². The highest BCUT2D eigenvalue weighted by Gasteiger charge is 2.22. The van der Waals surface area contributed by atoms with Gasteiger partial charge in [0.05, 0.1) is 0 Å². The normalized spacial score (nSPS) is 11.5. The standard InChI is InChI=1S/C47H29N3O/c1-3-11-30(12-4-1)31-19-24-35(25-20-31)46-48-45(34-14-5-2-6-15-34)49-47(50-46)44-38(27-28-42-43(44)39-17-9-10-18-41(39)51-42)36-26-23-33-22-21-32-13-7-8-16-37(32)40(33)29-36/h1-29H. The number of rotatable bonds is 5. The van der Waals surface area contributed by atoms with Crippen molar-refractivity contribution in [1.29, 1.82) is 0 Å². The van der Waals surface area contributed by atoms with Gasteiger partial charge in [0.15, 0.2) is 17.5 Å². The number of hydrogen-bond donors (Lipinski definition) is 0. The second kappa shape index (κ2) is 11.9. The van der Waals surface area contributed by atoms with Gasteiger partial charge in [-0.15, -0.1) is 0 Å². The minimum Gasteiger partial charge on any atom is -0.456 e. The Bertz CT molecular complexity index is 2900. The van der Waals surface area contributed by atoms with Gasteiger partial charge in [-0.3, -0.25) is 0 Å². The van der Waals surface area contributed by atoms with Gasteiger partial charge in [-0.1, -0.05) is 152 Å². The lowest BCUT2D eigenvalue weighted by atomic mass is 9.92. The van der Waals surface area contributed by atoms with E-state index in [0.29, 0.717) is 17.5 Å². The van der Waals surface area contributed by atoms with Crippen molar-refractivity contribution in [2.45, 2.75) is 0 Å². The molecule has 51 heavy (non-hydrogen) atoms. The van der Waals surface area contributed by atoms with E-state index >= 15 is 0 Å². The SMILES string of the molecule is c1ccc(-c2ccc(-c3nc(-c4ccccc4)nc(-c4c(-c5ccc6ccc7ccccc7c6c5)ccc5oc6ccccc6c45)n3)cc2)cc1. The van der Waals surface area contributed by atoms with Crippen LogP contribution in [0.4, 0.5) is 0 Å². The summed E-state index contributed by atoms with van der Waals surface area (Å²) in [6, 6.07) is 61.1. The second-order valence-electron chi connectivity index (χ2n) is 12.8. The average Bonchev–Trinajstić information content (AvgIpc) is 3.60. The van der Waals surface area contributed by atoms with Gasteiger partial charge in [0.2, 0.25) is 0 Å². The molecule has 0 atom stereocenters. The smallest absolute Gasteiger partial charge is 0.165 e. The number of benzene rings is 8. The molecule has 0 aliphatic heterocycles. The highest BCUT2D eigenvalue weighted by molar-refractivity contribution is 6.16. The minimum atomic E-state index is 0.594. The Morgan fingerprint density at radius 1 is 0.333 bits per heavy atom. The fourth-order valence-electron chi connectivity index (χ4n) is 7.23. The first-order valence-electron chi connectivity index (χ1n) is 17.1. The molecule has 2 aromatic heterocycles. The molecular weight excluding hydrogens is 623 g/mol. The molecule has 0 bridgehead atoms. The molecule has 4 nitrogen and oxygen atoms in total. The Hall–Kier alpha value is -6.91. The summed E-state index contributed by atoms with van der Waals surface area (Å²) in [6.45, 7) is 0. The summed E-state index contributed by atoms with van der Waals surface area (Å²) in [5, 5.41) is 6.84. The van der Waals surface area contributed by atoms with Crippen molar-refractivity contribution in [3.05, 3.63) is 176 Å². The van der Waals surface area contributed by atoms with Crippen LogP contribution in [0.5, 0.6) is 0 Å². The van der Waals surface area contributed by atoms with Crippen molar-refractivity contribution in [2.75, 3.05) is 0 Å². The zero-order valence-corrected chi connectivity index (χ0v) is 27.5. The van der Waals surface area contributed by atoms with Crippen molar-refractivity contribution in [1.82, 2.24) is 15.0 Å². The molecule has 0 N–H and O–H groups in total. The summed E-state index contributed by atoms with van der Waals surface area (Å²) >= 11 is 0. The summed E-state index contributed by atoms with van der Waals surface area (Å²) in [5.41, 5.74) is 8.77. The molecule has 4 heteroatoms. The summed E-state index contributed by atoms with van der Waals surface area (Å²) in [6.07, 6.45) is 0. The topological polar surface area (TPSA) is 51.8 Å². The fraction of sp³-hybridized carbons (Fsp3) is 0. The first-order chi connectivity index (χ1) is 25.3. The van der Waals surface area contributed by atoms with Crippen LogP contribution in [0.1, 0.15) is 0 Å². The van der Waals surface area contributed by atoms with Crippen LogP contribution in [0.3, 0.4) is 0 Å². The molecule has 0 spiro atoms. The van der Waals surface area contributed by atoms with E-state index in [4.69, 9.17) is 19.4 Å². The van der Waals surface area contributed by atoms with Gasteiger partial charge in [0.25, 0.3) is 0 Å². The Balaban J connectivity index is 1.25. The summed E-state index contributed by atoms with van der Waals surface area (Å²) in [7, 11) is 0. The summed E-state index contributed by atoms with van der Waals surface area (Å²) in [5.74, 6) is 1.82. The molecule has 0 amide bonds. The highest BCUT2D eigenvalue weighted by Crippen LogP contribution is 2.43. The average molecular weight is 652 g/mol. The van der Waals surface area contributed by atoms with Crippen LogP contribution in [0.2, 0.25) is 0 Å². The third-order valence-corrected chi connectivity index (χ3v) is 9.74. The fourth-order valence-corrected chi connectivity index (χ4v) is 7.23. The van der Waals surface area contributed by atoms with Crippen LogP contribution in [-0.4, -0.2) is 15.0 Å². The quantitative estimate of drug-likeness (QED) is 0.174. The Kier molecular flexibility index (Phi) is 6.78. The maximum absolute atomic E-state index is 6.45. The molecule has 238 valence electrons. The third kappa shape index (κ3) is 5.04. The predicted octanol–water partition coefficient (Wildman–Crippen LogP) is 12.4. The molecule has 0 aliphatic rings. The van der Waals surface area contributed by atoms with Crippen LogP contribution in [0, 0.1) is 0 Å². The molecule has 0 aliphatic carbocycles. The molecule has 0 unspecified atom stereocenters. The van der Waals surface area contributed by atoms with Gasteiger partial charge in [0.1, 0.15) is 11.2 Å². The van der Waals surface area contributed by atoms with Crippen LogP contribution in [0.15, 0.2) is 180 Å². The first-order valence-corrected chi connectivity index (χ1v) is 17.1. The summed E-state index contributed by atoms with van der Waals surface area (Å²) < 4.78 is 6.45. The maximum Gasteiger partial charge on any atom is 0.165 e. The van der Waals surface area contributed by atoms with Gasteiger partial charge < -0.3 is 4.42 Å². The lowest BCUT2D eigenvalue weighted by Gasteiger charge is -2.14.